The van der Waals surface area contributed by atoms with Gasteiger partial charge in [0.15, 0.2) is 16.6 Å². The van der Waals surface area contributed by atoms with Gasteiger partial charge < -0.3 is 17.1 Å². The van der Waals surface area contributed by atoms with Gasteiger partial charge in [-0.2, -0.15) is 0 Å². The summed E-state index contributed by atoms with van der Waals surface area (Å²) in [5.74, 6) is 0. The van der Waals surface area contributed by atoms with Crippen LogP contribution in [-0.2, 0) is 17.1 Å². The molecule has 0 aliphatic heterocycles. The van der Waals surface area contributed by atoms with Gasteiger partial charge in [-0.25, -0.2) is 0 Å². The maximum absolute atomic E-state index is 6.60. The summed E-state index contributed by atoms with van der Waals surface area (Å²) in [4.78, 5) is 0. The molecule has 3 rings (SSSR count). The van der Waals surface area contributed by atoms with Crippen LogP contribution in [0, 0.1) is 0 Å². The molecule has 0 aliphatic rings. The molecule has 8 heteroatoms. The fourth-order valence-electron chi connectivity index (χ4n) is 3.85. The van der Waals surface area contributed by atoms with Crippen molar-refractivity contribution < 1.29 is 17.1 Å². The second kappa shape index (κ2) is 24.7. The molecule has 0 heterocycles. The number of benzene rings is 3. The molecule has 0 radical (unpaired) electrons. The minimum atomic E-state index is -2.60. The Morgan fingerprint density at radius 1 is 0.372 bits per heavy atom. The van der Waals surface area contributed by atoms with Crippen LogP contribution in [0.2, 0.25) is 45.8 Å². The Labute approximate surface area is 276 Å². The third-order valence-electron chi connectivity index (χ3n) is 5.23. The second-order valence-corrected chi connectivity index (χ2v) is 26.3. The molecule has 0 saturated carbocycles. The first-order valence-corrected chi connectivity index (χ1v) is 23.0. The average Bonchev–Trinajstić information content (AvgIpc) is 2.83. The van der Waals surface area contributed by atoms with Crippen molar-refractivity contribution in [2.45, 2.75) is 105 Å². The van der Waals surface area contributed by atoms with Crippen LogP contribution in [0.25, 0.3) is 0 Å². The Morgan fingerprint density at radius 3 is 0.884 bits per heavy atom. The van der Waals surface area contributed by atoms with E-state index in [-0.39, 0.29) is 59.4 Å². The zero-order valence-corrected chi connectivity index (χ0v) is 26.8. The lowest BCUT2D eigenvalue weighted by molar-refractivity contribution is 0.319. The first-order valence-electron chi connectivity index (χ1n) is 12.0. The van der Waals surface area contributed by atoms with Crippen LogP contribution in [0.4, 0.5) is 0 Å². The predicted octanol–water partition coefficient (Wildman–Crippen LogP) is 10.3. The van der Waals surface area contributed by atoms with Gasteiger partial charge in [-0.1, -0.05) is 150 Å². The molecule has 3 aromatic rings. The van der Waals surface area contributed by atoms with Crippen LogP contribution in [0.1, 0.15) is 59.4 Å². The van der Waals surface area contributed by atoms with E-state index in [4.69, 9.17) is 17.1 Å². The quantitative estimate of drug-likeness (QED) is 0.212. The zero-order valence-electron chi connectivity index (χ0n) is 22.8. The van der Waals surface area contributed by atoms with Crippen LogP contribution in [-0.4, -0.2) is 48.0 Å². The molecule has 0 amide bonds. The molecule has 3 aromatic carbocycles. The van der Waals surface area contributed by atoms with E-state index in [1.165, 1.54) is 5.19 Å². The van der Waals surface area contributed by atoms with Gasteiger partial charge in [-0.3, -0.25) is 0 Å². The minimum Gasteiger partial charge on any atom is -0.433 e. The Hall–Kier alpha value is -1.63. The van der Waals surface area contributed by atoms with Crippen molar-refractivity contribution in [3.63, 3.8) is 0 Å². The van der Waals surface area contributed by atoms with Gasteiger partial charge in [0, 0.05) is 14.2 Å². The highest BCUT2D eigenvalue weighted by molar-refractivity contribution is 6.98. The zero-order chi connectivity index (χ0) is 26.2. The Morgan fingerprint density at radius 2 is 0.651 bits per heavy atom. The Balaban J connectivity index is -0.000000104. The number of hydrogen-bond acceptors (Lipinski definition) is 4. The summed E-state index contributed by atoms with van der Waals surface area (Å²) in [7, 11) is -4.55. The van der Waals surface area contributed by atoms with E-state index in [0.717, 1.165) is 10.4 Å². The molecule has 0 spiro atoms. The van der Waals surface area contributed by atoms with Crippen molar-refractivity contribution in [1.29, 1.82) is 0 Å². The first-order chi connectivity index (χ1) is 16.4. The number of hydrogen-bond donors (Lipinski definition) is 0. The highest BCUT2D eigenvalue weighted by Crippen LogP contribution is 2.16. The molecule has 0 saturated heterocycles. The monoisotopic (exact) mass is 670 g/mol. The van der Waals surface area contributed by atoms with Crippen LogP contribution in [0.5, 0.6) is 0 Å². The smallest absolute Gasteiger partial charge is 0.396 e. The van der Waals surface area contributed by atoms with Crippen molar-refractivity contribution in [2.75, 3.05) is 14.2 Å². The maximum atomic E-state index is 6.60. The van der Waals surface area contributed by atoms with Crippen molar-refractivity contribution in [2.24, 2.45) is 0 Å². The van der Waals surface area contributed by atoms with Gasteiger partial charge >= 0.3 is 17.1 Å². The SMILES string of the molecule is C.C.C.C.C.C.C.C.CO[Si](C)(O[Si](C)(C)C)c1ccccc1.CO[Si](O[Si](C)(C)C)(c1ccccc1)c1ccccc1. The largest absolute Gasteiger partial charge is 0.433 e. The van der Waals surface area contributed by atoms with Gasteiger partial charge in [-0.15, -0.1) is 0 Å². The third-order valence-corrected chi connectivity index (χ3v) is 17.8. The molecule has 43 heavy (non-hydrogen) atoms. The standard InChI is InChI=1S/C16H22O2Si2.C11H20O2Si2.8CH4/c1-17-20(18-19(2,3)4,15-11-7-5-8-12-15)16-13-9-6-10-14-16;1-12-15(5,13-14(2,3)4)11-9-7-6-8-10-11;;;;;;;;/h5-14H,1-4H3;6-10H,1-5H3;8*1H4. The molecule has 1 atom stereocenters. The van der Waals surface area contributed by atoms with Crippen molar-refractivity contribution in [3.8, 4) is 0 Å². The summed E-state index contributed by atoms with van der Waals surface area (Å²) >= 11 is 0. The summed E-state index contributed by atoms with van der Waals surface area (Å²) < 4.78 is 24.5. The van der Waals surface area contributed by atoms with E-state index >= 15 is 0 Å². The van der Waals surface area contributed by atoms with E-state index in [0.29, 0.717) is 0 Å². The molecule has 1 unspecified atom stereocenters. The molecule has 0 N–H and O–H groups in total. The molecule has 0 aliphatic carbocycles. The van der Waals surface area contributed by atoms with Crippen LogP contribution >= 0.6 is 0 Å². The molecule has 0 bridgehead atoms. The summed E-state index contributed by atoms with van der Waals surface area (Å²) in [6.07, 6.45) is 0. The third kappa shape index (κ3) is 17.4. The Bertz CT molecular complexity index is 969. The van der Waals surface area contributed by atoms with E-state index in [9.17, 15) is 0 Å². The van der Waals surface area contributed by atoms with Crippen LogP contribution in [0.15, 0.2) is 91.0 Å². The lowest BCUT2D eigenvalue weighted by Gasteiger charge is -2.35. The molecular weight excluding hydrogens is 597 g/mol. The highest BCUT2D eigenvalue weighted by Gasteiger charge is 2.44. The molecule has 0 fully saturated rings. The summed E-state index contributed by atoms with van der Waals surface area (Å²) in [6.45, 7) is 15.3. The fraction of sp³-hybridized carbons (Fsp3) is 0.486. The summed E-state index contributed by atoms with van der Waals surface area (Å²) in [5, 5.41) is 3.53. The minimum absolute atomic E-state index is 0. The lowest BCUT2D eigenvalue weighted by atomic mass is 10.4. The first kappa shape index (κ1) is 57.1. The lowest BCUT2D eigenvalue weighted by Crippen LogP contribution is -2.66. The summed E-state index contributed by atoms with van der Waals surface area (Å²) in [5.41, 5.74) is 0. The fourth-order valence-corrected chi connectivity index (χ4v) is 17.2. The van der Waals surface area contributed by atoms with Crippen LogP contribution in [0.3, 0.4) is 0 Å². The van der Waals surface area contributed by atoms with Crippen molar-refractivity contribution in [3.05, 3.63) is 91.0 Å². The van der Waals surface area contributed by atoms with Gasteiger partial charge in [0.05, 0.1) is 0 Å². The van der Waals surface area contributed by atoms with Gasteiger partial charge in [0.1, 0.15) is 0 Å². The van der Waals surface area contributed by atoms with Gasteiger partial charge in [-0.05, 0) is 61.4 Å². The summed E-state index contributed by atoms with van der Waals surface area (Å²) in [6, 6.07) is 31.0. The maximum Gasteiger partial charge on any atom is 0.396 e. The van der Waals surface area contributed by atoms with Crippen molar-refractivity contribution in [1.82, 2.24) is 0 Å². The molecule has 254 valence electrons. The predicted molar refractivity (Wildman–Crippen MR) is 212 cm³/mol. The van der Waals surface area contributed by atoms with E-state index in [2.05, 4.69) is 82.2 Å². The van der Waals surface area contributed by atoms with Crippen molar-refractivity contribution >= 4 is 49.3 Å². The highest BCUT2D eigenvalue weighted by atomic mass is 28.4. The Kier molecular flexibility index (Phi) is 32.7. The average molecular weight is 671 g/mol. The number of rotatable bonds is 9. The topological polar surface area (TPSA) is 36.9 Å². The van der Waals surface area contributed by atoms with Crippen LogP contribution < -0.4 is 15.6 Å². The van der Waals surface area contributed by atoms with Gasteiger partial charge in [0.25, 0.3) is 0 Å². The van der Waals surface area contributed by atoms with E-state index in [1.807, 2.05) is 54.6 Å². The van der Waals surface area contributed by atoms with E-state index in [1.54, 1.807) is 14.2 Å². The normalized spacial score (nSPS) is 11.4. The van der Waals surface area contributed by atoms with Gasteiger partial charge in [0.2, 0.25) is 0 Å². The molecular formula is C35H74O4Si4. The molecule has 4 nitrogen and oxygen atoms in total. The molecule has 0 aromatic heterocycles. The van der Waals surface area contributed by atoms with E-state index < -0.39 is 33.8 Å². The second-order valence-electron chi connectivity index (χ2n) is 10.5.